The van der Waals surface area contributed by atoms with Gasteiger partial charge < -0.3 is 10.4 Å². The van der Waals surface area contributed by atoms with Crippen LogP contribution >= 0.6 is 11.3 Å². The molecule has 1 amide bonds. The highest BCUT2D eigenvalue weighted by molar-refractivity contribution is 7.11. The zero-order valence-electron chi connectivity index (χ0n) is 12.1. The molecule has 1 aromatic rings. The maximum Gasteiger partial charge on any atom is 0.310 e. The standard InChI is InChI=1S/C14H19N3O3S/c1-7(2)14(13(19)20)5-9(14)11(18)15-6-10-16-17-12(21-10)8-3-4-8/h7-9H,3-6H2,1-2H3,(H,15,18)(H,19,20). The second kappa shape index (κ2) is 5.05. The molecule has 0 aliphatic heterocycles. The Morgan fingerprint density at radius 1 is 1.43 bits per heavy atom. The maximum absolute atomic E-state index is 12.1. The quantitative estimate of drug-likeness (QED) is 0.835. The van der Waals surface area contributed by atoms with Crippen LogP contribution in [0.4, 0.5) is 0 Å². The van der Waals surface area contributed by atoms with Crippen LogP contribution in [0.25, 0.3) is 0 Å². The minimum absolute atomic E-state index is 0.0475. The third-order valence-corrected chi connectivity index (χ3v) is 5.66. The molecule has 6 nitrogen and oxygen atoms in total. The number of carboxylic acid groups (broad SMARTS) is 1. The summed E-state index contributed by atoms with van der Waals surface area (Å²) in [5, 5.41) is 22.2. The Balaban J connectivity index is 1.56. The zero-order valence-corrected chi connectivity index (χ0v) is 12.9. The van der Waals surface area contributed by atoms with E-state index in [0.717, 1.165) is 10.0 Å². The first-order chi connectivity index (χ1) is 9.95. The van der Waals surface area contributed by atoms with E-state index in [1.165, 1.54) is 24.2 Å². The van der Waals surface area contributed by atoms with E-state index in [2.05, 4.69) is 15.5 Å². The Morgan fingerprint density at radius 3 is 2.67 bits per heavy atom. The van der Waals surface area contributed by atoms with Gasteiger partial charge in [0.25, 0.3) is 0 Å². The van der Waals surface area contributed by atoms with Crippen molar-refractivity contribution in [1.82, 2.24) is 15.5 Å². The number of aromatic nitrogens is 2. The number of aliphatic carboxylic acids is 1. The van der Waals surface area contributed by atoms with E-state index in [9.17, 15) is 14.7 Å². The molecule has 2 aliphatic rings. The van der Waals surface area contributed by atoms with E-state index in [1.54, 1.807) is 0 Å². The van der Waals surface area contributed by atoms with Crippen LogP contribution in [-0.2, 0) is 16.1 Å². The van der Waals surface area contributed by atoms with Gasteiger partial charge in [0.2, 0.25) is 5.91 Å². The predicted octanol–water partition coefficient (Wildman–Crippen LogP) is 1.78. The lowest BCUT2D eigenvalue weighted by atomic mass is 9.89. The molecule has 2 unspecified atom stereocenters. The van der Waals surface area contributed by atoms with Gasteiger partial charge >= 0.3 is 5.97 Å². The third kappa shape index (κ3) is 2.54. The van der Waals surface area contributed by atoms with Crippen molar-refractivity contribution in [3.8, 4) is 0 Å². The molecule has 2 fully saturated rings. The fourth-order valence-corrected chi connectivity index (χ4v) is 3.80. The molecule has 3 rings (SSSR count). The maximum atomic E-state index is 12.1. The van der Waals surface area contributed by atoms with E-state index < -0.39 is 17.3 Å². The first-order valence-corrected chi connectivity index (χ1v) is 8.10. The summed E-state index contributed by atoms with van der Waals surface area (Å²) in [6, 6.07) is 0. The number of hydrogen-bond donors (Lipinski definition) is 2. The summed E-state index contributed by atoms with van der Waals surface area (Å²) < 4.78 is 0. The second-order valence-corrected chi connectivity index (χ2v) is 7.38. The lowest BCUT2D eigenvalue weighted by Crippen LogP contribution is -2.32. The van der Waals surface area contributed by atoms with E-state index in [0.29, 0.717) is 18.9 Å². The van der Waals surface area contributed by atoms with Crippen LogP contribution in [-0.4, -0.2) is 27.2 Å². The fraction of sp³-hybridized carbons (Fsp3) is 0.714. The molecule has 0 saturated heterocycles. The molecule has 0 bridgehead atoms. The van der Waals surface area contributed by atoms with Crippen molar-refractivity contribution in [3.63, 3.8) is 0 Å². The Labute approximate surface area is 127 Å². The lowest BCUT2D eigenvalue weighted by Gasteiger charge is -2.16. The average Bonchev–Trinajstić information content (AvgIpc) is 3.33. The molecule has 7 heteroatoms. The highest BCUT2D eigenvalue weighted by atomic mass is 32.1. The van der Waals surface area contributed by atoms with Crippen molar-refractivity contribution in [3.05, 3.63) is 10.0 Å². The van der Waals surface area contributed by atoms with Gasteiger partial charge in [0, 0.05) is 5.92 Å². The zero-order chi connectivity index (χ0) is 15.2. The van der Waals surface area contributed by atoms with E-state index in [1.807, 2.05) is 13.8 Å². The van der Waals surface area contributed by atoms with Gasteiger partial charge in [-0.1, -0.05) is 25.2 Å². The van der Waals surface area contributed by atoms with Crippen molar-refractivity contribution < 1.29 is 14.7 Å². The molecule has 2 N–H and O–H groups in total. The number of carbonyl (C=O) groups is 2. The smallest absolute Gasteiger partial charge is 0.310 e. The molecule has 21 heavy (non-hydrogen) atoms. The number of nitrogens with one attached hydrogen (secondary N) is 1. The Bertz CT molecular complexity index is 582. The molecular formula is C14H19N3O3S. The summed E-state index contributed by atoms with van der Waals surface area (Å²) in [4.78, 5) is 23.5. The summed E-state index contributed by atoms with van der Waals surface area (Å²) in [6.45, 7) is 4.05. The number of amides is 1. The van der Waals surface area contributed by atoms with Gasteiger partial charge in [-0.2, -0.15) is 0 Å². The van der Waals surface area contributed by atoms with Crippen molar-refractivity contribution in [2.24, 2.45) is 17.3 Å². The average molecular weight is 309 g/mol. The van der Waals surface area contributed by atoms with Crippen LogP contribution in [0.2, 0.25) is 0 Å². The summed E-state index contributed by atoms with van der Waals surface area (Å²) in [6.07, 6.45) is 2.78. The topological polar surface area (TPSA) is 92.2 Å². The summed E-state index contributed by atoms with van der Waals surface area (Å²) >= 11 is 1.54. The molecule has 1 aromatic heterocycles. The van der Waals surface area contributed by atoms with E-state index in [-0.39, 0.29) is 11.8 Å². The molecule has 2 atom stereocenters. The van der Waals surface area contributed by atoms with Gasteiger partial charge in [0.1, 0.15) is 10.0 Å². The summed E-state index contributed by atoms with van der Waals surface area (Å²) in [7, 11) is 0. The SMILES string of the molecule is CC(C)C1(C(=O)O)CC1C(=O)NCc1nnc(C2CC2)s1. The molecule has 114 valence electrons. The van der Waals surface area contributed by atoms with Gasteiger partial charge in [-0.25, -0.2) is 0 Å². The number of nitrogens with zero attached hydrogens (tertiary/aromatic N) is 2. The fourth-order valence-electron chi connectivity index (χ4n) is 2.85. The van der Waals surface area contributed by atoms with Crippen LogP contribution in [0.5, 0.6) is 0 Å². The Morgan fingerprint density at radius 2 is 2.14 bits per heavy atom. The van der Waals surface area contributed by atoms with Crippen molar-refractivity contribution in [2.75, 3.05) is 0 Å². The third-order valence-electron chi connectivity index (χ3n) is 4.57. The highest BCUT2D eigenvalue weighted by Gasteiger charge is 2.65. The van der Waals surface area contributed by atoms with Gasteiger partial charge in [0.15, 0.2) is 0 Å². The van der Waals surface area contributed by atoms with Crippen LogP contribution < -0.4 is 5.32 Å². The van der Waals surface area contributed by atoms with Crippen LogP contribution in [0.15, 0.2) is 0 Å². The minimum Gasteiger partial charge on any atom is -0.481 e. The number of carbonyl (C=O) groups excluding carboxylic acids is 1. The molecule has 0 spiro atoms. The predicted molar refractivity (Wildman–Crippen MR) is 76.7 cm³/mol. The second-order valence-electron chi connectivity index (χ2n) is 6.28. The first kappa shape index (κ1) is 14.4. The number of rotatable bonds is 6. The van der Waals surface area contributed by atoms with Gasteiger partial charge in [-0.3, -0.25) is 9.59 Å². The van der Waals surface area contributed by atoms with E-state index >= 15 is 0 Å². The minimum atomic E-state index is -0.885. The van der Waals surface area contributed by atoms with E-state index in [4.69, 9.17) is 0 Å². The van der Waals surface area contributed by atoms with Crippen molar-refractivity contribution in [2.45, 2.75) is 45.6 Å². The molecule has 0 radical (unpaired) electrons. The van der Waals surface area contributed by atoms with Gasteiger partial charge in [-0.15, -0.1) is 10.2 Å². The number of hydrogen-bond acceptors (Lipinski definition) is 5. The molecular weight excluding hydrogens is 290 g/mol. The largest absolute Gasteiger partial charge is 0.481 e. The monoisotopic (exact) mass is 309 g/mol. The lowest BCUT2D eigenvalue weighted by molar-refractivity contribution is -0.147. The van der Waals surface area contributed by atoms with Crippen LogP contribution in [0.1, 0.15) is 49.0 Å². The van der Waals surface area contributed by atoms with Gasteiger partial charge in [-0.05, 0) is 25.2 Å². The summed E-state index contributed by atoms with van der Waals surface area (Å²) in [5.74, 6) is -0.964. The van der Waals surface area contributed by atoms with Crippen LogP contribution in [0, 0.1) is 17.3 Å². The summed E-state index contributed by atoms with van der Waals surface area (Å²) in [5.41, 5.74) is -0.885. The molecule has 2 saturated carbocycles. The molecule has 0 aromatic carbocycles. The van der Waals surface area contributed by atoms with Crippen molar-refractivity contribution >= 4 is 23.2 Å². The molecule has 1 heterocycles. The Hall–Kier alpha value is -1.50. The Kier molecular flexibility index (Phi) is 3.47. The van der Waals surface area contributed by atoms with Gasteiger partial charge in [0.05, 0.1) is 17.9 Å². The number of carboxylic acids is 1. The van der Waals surface area contributed by atoms with Crippen LogP contribution in [0.3, 0.4) is 0 Å². The first-order valence-electron chi connectivity index (χ1n) is 7.28. The van der Waals surface area contributed by atoms with Crippen molar-refractivity contribution in [1.29, 1.82) is 0 Å². The molecule has 2 aliphatic carbocycles. The highest BCUT2D eigenvalue weighted by Crippen LogP contribution is 2.58. The normalized spacial score (nSPS) is 27.7.